The van der Waals surface area contributed by atoms with Crippen molar-refractivity contribution < 1.29 is 27.4 Å². The minimum absolute atomic E-state index is 0.199. The zero-order valence-electron chi connectivity index (χ0n) is 7.80. The molecule has 2 rings (SSSR count). The maximum Gasteiger partial charge on any atom is 0.581 e. The third kappa shape index (κ3) is 2.73. The van der Waals surface area contributed by atoms with Gasteiger partial charge in [-0.05, 0) is 18.1 Å². The van der Waals surface area contributed by atoms with Gasteiger partial charge in [-0.25, -0.2) is 0 Å². The van der Waals surface area contributed by atoms with E-state index < -0.39 is 6.36 Å². The van der Waals surface area contributed by atoms with Gasteiger partial charge in [-0.3, -0.25) is 0 Å². The van der Waals surface area contributed by atoms with Crippen LogP contribution in [0.25, 0.3) is 0 Å². The molecule has 0 amide bonds. The fourth-order valence-electron chi connectivity index (χ4n) is 1.02. The highest BCUT2D eigenvalue weighted by Gasteiger charge is 2.29. The Kier molecular flexibility index (Phi) is 2.52. The Bertz CT molecular complexity index is 457. The van der Waals surface area contributed by atoms with Crippen molar-refractivity contribution in [1.82, 2.24) is 0 Å². The number of benzene rings is 1. The van der Waals surface area contributed by atoms with Crippen LogP contribution in [0.2, 0.25) is 0 Å². The average Bonchev–Trinajstić information content (AvgIpc) is 2.94. The first-order valence-electron chi connectivity index (χ1n) is 4.22. The first-order valence-corrected chi connectivity index (χ1v) is 4.22. The van der Waals surface area contributed by atoms with Crippen LogP contribution in [0.3, 0.4) is 0 Å². The minimum atomic E-state index is -4.74. The molecule has 0 aromatic heterocycles. The Morgan fingerprint density at radius 3 is 2.88 bits per heavy atom. The van der Waals surface area contributed by atoms with Gasteiger partial charge in [-0.2, -0.15) is 0 Å². The molecule has 1 aliphatic heterocycles. The van der Waals surface area contributed by atoms with Crippen molar-refractivity contribution in [1.29, 1.82) is 0 Å². The van der Waals surface area contributed by atoms with E-state index in [1.54, 1.807) is 18.2 Å². The molecule has 0 unspecified atom stereocenters. The Morgan fingerprint density at radius 1 is 1.31 bits per heavy atom. The second kappa shape index (κ2) is 3.85. The molecular weight excluding hydrogens is 225 g/mol. The first-order chi connectivity index (χ1) is 7.56. The lowest BCUT2D eigenvalue weighted by molar-refractivity contribution is -0.291. The molecule has 0 spiro atoms. The Balaban J connectivity index is 1.79. The van der Waals surface area contributed by atoms with Crippen LogP contribution < -0.4 is 9.47 Å². The average molecular weight is 230 g/mol. The highest BCUT2D eigenvalue weighted by molar-refractivity contribution is 5.62. The van der Waals surface area contributed by atoms with Crippen LogP contribution in [0.5, 0.6) is 17.2 Å². The molecule has 84 valence electrons. The summed E-state index contributed by atoms with van der Waals surface area (Å²) in [5, 5.41) is 0. The number of rotatable bonds is 2. The van der Waals surface area contributed by atoms with Crippen LogP contribution >= 0.6 is 0 Å². The van der Waals surface area contributed by atoms with E-state index in [1.807, 2.05) is 0 Å². The van der Waals surface area contributed by atoms with Gasteiger partial charge < -0.3 is 14.2 Å². The van der Waals surface area contributed by atoms with E-state index >= 15 is 0 Å². The molecule has 0 bridgehead atoms. The number of hydrogen-bond donors (Lipinski definition) is 0. The summed E-state index contributed by atoms with van der Waals surface area (Å²) in [5.41, 5.74) is 0. The summed E-state index contributed by atoms with van der Waals surface area (Å²) in [6, 6.07) is 5.10. The standard InChI is InChI=1S/C10H5F3O3/c11-10(12,13)15-6-2-5-14-7-3-1-4-8-9(7)16-8/h1,3-4H,5H2. The van der Waals surface area contributed by atoms with E-state index in [9.17, 15) is 13.2 Å². The van der Waals surface area contributed by atoms with Gasteiger partial charge in [0.05, 0.1) is 0 Å². The normalized spacial score (nSPS) is 11.7. The summed E-state index contributed by atoms with van der Waals surface area (Å²) in [6.45, 7) is -0.199. The molecule has 0 N–H and O–H groups in total. The molecule has 0 radical (unpaired) electrons. The molecule has 1 aromatic carbocycles. The molecule has 1 heterocycles. The molecule has 0 aliphatic carbocycles. The van der Waals surface area contributed by atoms with Crippen LogP contribution in [0.15, 0.2) is 18.2 Å². The minimum Gasteiger partial charge on any atom is -0.477 e. The summed E-state index contributed by atoms with van der Waals surface area (Å²) in [6.07, 6.45) is -3.25. The zero-order valence-corrected chi connectivity index (χ0v) is 7.80. The topological polar surface area (TPSA) is 31.0 Å². The van der Waals surface area contributed by atoms with Crippen molar-refractivity contribution in [2.75, 3.05) is 6.61 Å². The highest BCUT2D eigenvalue weighted by atomic mass is 19.4. The van der Waals surface area contributed by atoms with Crippen molar-refractivity contribution in [3.63, 3.8) is 0 Å². The maximum absolute atomic E-state index is 11.5. The summed E-state index contributed by atoms with van der Waals surface area (Å²) >= 11 is 0. The predicted molar refractivity (Wildman–Crippen MR) is 46.9 cm³/mol. The van der Waals surface area contributed by atoms with Gasteiger partial charge in [0.25, 0.3) is 0 Å². The maximum atomic E-state index is 11.5. The lowest BCUT2D eigenvalue weighted by Crippen LogP contribution is -2.09. The van der Waals surface area contributed by atoms with Gasteiger partial charge in [-0.15, -0.1) is 13.2 Å². The lowest BCUT2D eigenvalue weighted by atomic mass is 10.3. The molecule has 0 atom stereocenters. The Morgan fingerprint density at radius 2 is 2.12 bits per heavy atom. The molecule has 6 heteroatoms. The van der Waals surface area contributed by atoms with Crippen LogP contribution in [0.1, 0.15) is 0 Å². The van der Waals surface area contributed by atoms with Crippen molar-refractivity contribution in [2.45, 2.75) is 6.36 Å². The van der Waals surface area contributed by atoms with Crippen LogP contribution in [0, 0.1) is 12.0 Å². The predicted octanol–water partition coefficient (Wildman–Crippen LogP) is 2.67. The zero-order chi connectivity index (χ0) is 11.6. The molecule has 0 fully saturated rings. The summed E-state index contributed by atoms with van der Waals surface area (Å²) in [5.74, 6) is 3.83. The molecule has 0 saturated heterocycles. The molecule has 1 aromatic rings. The van der Waals surface area contributed by atoms with Gasteiger partial charge in [-0.1, -0.05) is 6.07 Å². The molecule has 0 saturated carbocycles. The first kappa shape index (κ1) is 10.5. The SMILES string of the molecule is FC(F)(F)OC#CCOc1cccc2c1O2. The second-order valence-corrected chi connectivity index (χ2v) is 2.80. The van der Waals surface area contributed by atoms with E-state index in [0.29, 0.717) is 17.2 Å². The Hall–Kier alpha value is -2.03. The fraction of sp³-hybridized carbons (Fsp3) is 0.200. The molecular formula is C10H5F3O3. The smallest absolute Gasteiger partial charge is 0.477 e. The van der Waals surface area contributed by atoms with Crippen molar-refractivity contribution in [3.8, 4) is 29.3 Å². The fourth-order valence-corrected chi connectivity index (χ4v) is 1.02. The van der Waals surface area contributed by atoms with Crippen molar-refractivity contribution in [3.05, 3.63) is 18.2 Å². The monoisotopic (exact) mass is 230 g/mol. The Labute approximate surface area is 88.7 Å². The number of alkyl halides is 3. The number of fused-ring (bicyclic) bond motifs is 1. The lowest BCUT2D eigenvalue weighted by Gasteiger charge is -1.99. The number of ether oxygens (including phenoxy) is 3. The van der Waals surface area contributed by atoms with Crippen LogP contribution in [-0.2, 0) is 4.74 Å². The van der Waals surface area contributed by atoms with Crippen molar-refractivity contribution >= 4 is 0 Å². The van der Waals surface area contributed by atoms with Crippen LogP contribution in [0.4, 0.5) is 13.2 Å². The summed E-state index contributed by atoms with van der Waals surface area (Å²) in [4.78, 5) is 0. The van der Waals surface area contributed by atoms with E-state index in [0.717, 1.165) is 0 Å². The van der Waals surface area contributed by atoms with E-state index in [-0.39, 0.29) is 6.61 Å². The molecule has 1 aliphatic rings. The van der Waals surface area contributed by atoms with Crippen LogP contribution in [-0.4, -0.2) is 13.0 Å². The van der Waals surface area contributed by atoms with E-state index in [2.05, 4.69) is 10.7 Å². The van der Waals surface area contributed by atoms with Crippen molar-refractivity contribution in [2.24, 2.45) is 0 Å². The van der Waals surface area contributed by atoms with Gasteiger partial charge in [0.2, 0.25) is 5.75 Å². The second-order valence-electron chi connectivity index (χ2n) is 2.80. The third-order valence-electron chi connectivity index (χ3n) is 1.65. The van der Waals surface area contributed by atoms with E-state index in [4.69, 9.17) is 9.47 Å². The number of para-hydroxylation sites is 1. The van der Waals surface area contributed by atoms with Gasteiger partial charge in [0.1, 0.15) is 6.11 Å². The van der Waals surface area contributed by atoms with Gasteiger partial charge in [0, 0.05) is 0 Å². The van der Waals surface area contributed by atoms with Gasteiger partial charge >= 0.3 is 6.36 Å². The summed E-state index contributed by atoms with van der Waals surface area (Å²) < 4.78 is 47.8. The quantitative estimate of drug-likeness (QED) is 0.587. The molecule has 16 heavy (non-hydrogen) atoms. The number of halogens is 3. The summed E-state index contributed by atoms with van der Waals surface area (Å²) in [7, 11) is 0. The van der Waals surface area contributed by atoms with E-state index in [1.165, 1.54) is 6.11 Å². The largest absolute Gasteiger partial charge is 0.581 e. The highest BCUT2D eigenvalue weighted by Crippen LogP contribution is 2.51. The number of hydrogen-bond acceptors (Lipinski definition) is 3. The third-order valence-corrected chi connectivity index (χ3v) is 1.65. The molecule has 3 nitrogen and oxygen atoms in total. The van der Waals surface area contributed by atoms with Gasteiger partial charge in [0.15, 0.2) is 18.1 Å².